The fraction of sp³-hybridized carbons (Fsp3) is 0.368. The highest BCUT2D eigenvalue weighted by Crippen LogP contribution is 2.24. The van der Waals surface area contributed by atoms with Crippen LogP contribution < -0.4 is 14.2 Å². The SMILES string of the molecule is COc1cccc(OCCNS(=O)(=O)c2ccc3c(c2)CCCC3)c1. The Bertz CT molecular complexity index is 833. The van der Waals surface area contributed by atoms with Crippen molar-refractivity contribution in [2.75, 3.05) is 20.3 Å². The molecule has 0 fully saturated rings. The maximum atomic E-state index is 12.4. The van der Waals surface area contributed by atoms with Gasteiger partial charge in [-0.05, 0) is 61.1 Å². The number of ether oxygens (including phenoxy) is 2. The summed E-state index contributed by atoms with van der Waals surface area (Å²) in [5, 5.41) is 0. The van der Waals surface area contributed by atoms with E-state index in [2.05, 4.69) is 4.72 Å². The zero-order valence-corrected chi connectivity index (χ0v) is 15.1. The van der Waals surface area contributed by atoms with Crippen LogP contribution in [0.4, 0.5) is 0 Å². The zero-order chi connectivity index (χ0) is 17.7. The second-order valence-corrected chi connectivity index (χ2v) is 7.83. The van der Waals surface area contributed by atoms with Crippen molar-refractivity contribution in [3.63, 3.8) is 0 Å². The summed E-state index contributed by atoms with van der Waals surface area (Å²) in [6.07, 6.45) is 4.30. The second kappa shape index (κ2) is 7.89. The van der Waals surface area contributed by atoms with Gasteiger partial charge in [0.1, 0.15) is 18.1 Å². The maximum absolute atomic E-state index is 12.4. The van der Waals surface area contributed by atoms with Gasteiger partial charge in [-0.25, -0.2) is 13.1 Å². The minimum Gasteiger partial charge on any atom is -0.497 e. The number of rotatable bonds is 7. The van der Waals surface area contributed by atoms with Crippen LogP contribution in [-0.4, -0.2) is 28.7 Å². The lowest BCUT2D eigenvalue weighted by molar-refractivity contribution is 0.320. The van der Waals surface area contributed by atoms with Gasteiger partial charge in [0.05, 0.1) is 12.0 Å². The van der Waals surface area contributed by atoms with Crippen molar-refractivity contribution in [2.45, 2.75) is 30.6 Å². The third-order valence-electron chi connectivity index (χ3n) is 4.33. The third-order valence-corrected chi connectivity index (χ3v) is 5.79. The van der Waals surface area contributed by atoms with E-state index in [0.29, 0.717) is 16.4 Å². The summed E-state index contributed by atoms with van der Waals surface area (Å²) in [6, 6.07) is 12.7. The molecule has 0 bridgehead atoms. The number of benzene rings is 2. The molecular formula is C19H23NO4S. The first-order chi connectivity index (χ1) is 12.1. The summed E-state index contributed by atoms with van der Waals surface area (Å²) >= 11 is 0. The quantitative estimate of drug-likeness (QED) is 0.770. The van der Waals surface area contributed by atoms with Crippen molar-refractivity contribution in [1.82, 2.24) is 4.72 Å². The van der Waals surface area contributed by atoms with Crippen molar-refractivity contribution in [3.05, 3.63) is 53.6 Å². The molecule has 0 amide bonds. The molecule has 2 aromatic carbocycles. The van der Waals surface area contributed by atoms with Gasteiger partial charge in [0, 0.05) is 12.6 Å². The summed E-state index contributed by atoms with van der Waals surface area (Å²) in [4.78, 5) is 0.328. The molecular weight excluding hydrogens is 338 g/mol. The molecule has 1 N–H and O–H groups in total. The molecule has 25 heavy (non-hydrogen) atoms. The molecule has 3 rings (SSSR count). The Morgan fingerprint density at radius 2 is 1.76 bits per heavy atom. The van der Waals surface area contributed by atoms with E-state index in [1.54, 1.807) is 31.4 Å². The first-order valence-electron chi connectivity index (χ1n) is 8.47. The van der Waals surface area contributed by atoms with Crippen LogP contribution in [-0.2, 0) is 22.9 Å². The van der Waals surface area contributed by atoms with Crippen LogP contribution in [0.3, 0.4) is 0 Å². The minimum atomic E-state index is -3.52. The predicted octanol–water partition coefficient (Wildman–Crippen LogP) is 2.93. The second-order valence-electron chi connectivity index (χ2n) is 6.06. The van der Waals surface area contributed by atoms with Crippen molar-refractivity contribution in [2.24, 2.45) is 0 Å². The van der Waals surface area contributed by atoms with E-state index < -0.39 is 10.0 Å². The molecule has 0 radical (unpaired) electrons. The molecule has 1 aliphatic carbocycles. The number of nitrogens with one attached hydrogen (secondary N) is 1. The molecule has 2 aromatic rings. The maximum Gasteiger partial charge on any atom is 0.240 e. The Balaban J connectivity index is 1.56. The van der Waals surface area contributed by atoms with E-state index in [9.17, 15) is 8.42 Å². The molecule has 0 heterocycles. The van der Waals surface area contributed by atoms with E-state index in [1.807, 2.05) is 18.2 Å². The highest BCUT2D eigenvalue weighted by Gasteiger charge is 2.17. The van der Waals surface area contributed by atoms with Gasteiger partial charge in [0.2, 0.25) is 10.0 Å². The van der Waals surface area contributed by atoms with Crippen LogP contribution in [0.25, 0.3) is 0 Å². The van der Waals surface area contributed by atoms with Gasteiger partial charge < -0.3 is 9.47 Å². The average molecular weight is 361 g/mol. The van der Waals surface area contributed by atoms with Crippen molar-refractivity contribution in [1.29, 1.82) is 0 Å². The number of sulfonamides is 1. The highest BCUT2D eigenvalue weighted by atomic mass is 32.2. The van der Waals surface area contributed by atoms with Crippen LogP contribution in [0.1, 0.15) is 24.0 Å². The number of hydrogen-bond acceptors (Lipinski definition) is 4. The van der Waals surface area contributed by atoms with Gasteiger partial charge in [-0.2, -0.15) is 0 Å². The van der Waals surface area contributed by atoms with E-state index in [0.717, 1.165) is 24.8 Å². The predicted molar refractivity (Wildman–Crippen MR) is 96.8 cm³/mol. The highest BCUT2D eigenvalue weighted by molar-refractivity contribution is 7.89. The first kappa shape index (κ1) is 17.8. The Labute approximate surface area is 149 Å². The first-order valence-corrected chi connectivity index (χ1v) is 9.95. The summed E-state index contributed by atoms with van der Waals surface area (Å²) in [6.45, 7) is 0.452. The Kier molecular flexibility index (Phi) is 5.60. The fourth-order valence-electron chi connectivity index (χ4n) is 3.00. The summed E-state index contributed by atoms with van der Waals surface area (Å²) in [5.74, 6) is 1.35. The van der Waals surface area contributed by atoms with Gasteiger partial charge >= 0.3 is 0 Å². The van der Waals surface area contributed by atoms with Crippen LogP contribution in [0.15, 0.2) is 47.4 Å². The van der Waals surface area contributed by atoms with Gasteiger partial charge in [0.25, 0.3) is 0 Å². The lowest BCUT2D eigenvalue weighted by Crippen LogP contribution is -2.28. The molecule has 0 spiro atoms. The van der Waals surface area contributed by atoms with E-state index in [1.165, 1.54) is 12.0 Å². The third kappa shape index (κ3) is 4.52. The van der Waals surface area contributed by atoms with Crippen molar-refractivity contribution >= 4 is 10.0 Å². The Morgan fingerprint density at radius 3 is 2.56 bits per heavy atom. The summed E-state index contributed by atoms with van der Waals surface area (Å²) in [7, 11) is -1.93. The zero-order valence-electron chi connectivity index (χ0n) is 14.3. The van der Waals surface area contributed by atoms with E-state index >= 15 is 0 Å². The Hall–Kier alpha value is -2.05. The number of aryl methyl sites for hydroxylation is 2. The van der Waals surface area contributed by atoms with Crippen LogP contribution in [0.5, 0.6) is 11.5 Å². The molecule has 0 saturated carbocycles. The summed E-state index contributed by atoms with van der Waals surface area (Å²) < 4.78 is 38.2. The molecule has 0 saturated heterocycles. The van der Waals surface area contributed by atoms with Crippen molar-refractivity contribution < 1.29 is 17.9 Å². The average Bonchev–Trinajstić information content (AvgIpc) is 2.65. The minimum absolute atomic E-state index is 0.205. The van der Waals surface area contributed by atoms with Crippen molar-refractivity contribution in [3.8, 4) is 11.5 Å². The molecule has 0 atom stereocenters. The lowest BCUT2D eigenvalue weighted by atomic mass is 9.92. The molecule has 134 valence electrons. The number of fused-ring (bicyclic) bond motifs is 1. The van der Waals surface area contributed by atoms with E-state index in [-0.39, 0.29) is 13.2 Å². The van der Waals surface area contributed by atoms with Gasteiger partial charge in [-0.1, -0.05) is 12.1 Å². The number of hydrogen-bond donors (Lipinski definition) is 1. The van der Waals surface area contributed by atoms with Gasteiger partial charge in [-0.15, -0.1) is 0 Å². The van der Waals surface area contributed by atoms with E-state index in [4.69, 9.17) is 9.47 Å². The van der Waals surface area contributed by atoms with Crippen LogP contribution in [0, 0.1) is 0 Å². The largest absolute Gasteiger partial charge is 0.497 e. The monoisotopic (exact) mass is 361 g/mol. The smallest absolute Gasteiger partial charge is 0.240 e. The standard InChI is InChI=1S/C19H23NO4S/c1-23-17-7-4-8-18(14-17)24-12-11-20-25(21,22)19-10-9-15-5-2-3-6-16(15)13-19/h4,7-10,13-14,20H,2-3,5-6,11-12H2,1H3. The lowest BCUT2D eigenvalue weighted by Gasteiger charge is -2.17. The topological polar surface area (TPSA) is 64.6 Å². The molecule has 5 nitrogen and oxygen atoms in total. The molecule has 0 aromatic heterocycles. The van der Waals surface area contributed by atoms with Gasteiger partial charge in [0.15, 0.2) is 0 Å². The molecule has 1 aliphatic rings. The van der Waals surface area contributed by atoms with Crippen LogP contribution in [0.2, 0.25) is 0 Å². The number of methoxy groups -OCH3 is 1. The Morgan fingerprint density at radius 1 is 1.00 bits per heavy atom. The van der Waals surface area contributed by atoms with Crippen LogP contribution >= 0.6 is 0 Å². The molecule has 0 unspecified atom stereocenters. The summed E-state index contributed by atoms with van der Waals surface area (Å²) in [5.41, 5.74) is 2.42. The molecule has 0 aliphatic heterocycles. The fourth-order valence-corrected chi connectivity index (χ4v) is 4.06. The van der Waals surface area contributed by atoms with Gasteiger partial charge in [-0.3, -0.25) is 0 Å². The molecule has 6 heteroatoms. The normalized spacial score (nSPS) is 14.0.